The number of methoxy groups -OCH3 is 1. The van der Waals surface area contributed by atoms with E-state index in [-0.39, 0.29) is 17.7 Å². The van der Waals surface area contributed by atoms with Crippen molar-refractivity contribution in [3.63, 3.8) is 0 Å². The maximum absolute atomic E-state index is 12.9. The van der Waals surface area contributed by atoms with Gasteiger partial charge in [0.05, 0.1) is 12.7 Å². The van der Waals surface area contributed by atoms with E-state index in [1.807, 2.05) is 19.9 Å². The molecule has 0 aliphatic carbocycles. The summed E-state index contributed by atoms with van der Waals surface area (Å²) in [5.41, 5.74) is 2.00. The average Bonchev–Trinajstić information content (AvgIpc) is 2.72. The molecule has 0 saturated carbocycles. The van der Waals surface area contributed by atoms with Crippen molar-refractivity contribution in [1.82, 2.24) is 5.32 Å². The molecule has 2 aromatic carbocycles. The highest BCUT2D eigenvalue weighted by atomic mass is 16.5. The average molecular weight is 382 g/mol. The number of rotatable bonds is 7. The standard InChI is InChI=1S/C22H26N2O4/c1-5-14(2)19(24-20(25)16-10-7-6-8-11-16)21(26)23-18-13-9-12-17(15(18)3)22(27)28-4/h6-14,19H,5H2,1-4H3,(H,23,26)(H,24,25). The van der Waals surface area contributed by atoms with Gasteiger partial charge >= 0.3 is 5.97 Å². The molecular weight excluding hydrogens is 356 g/mol. The summed E-state index contributed by atoms with van der Waals surface area (Å²) in [6, 6.07) is 13.1. The van der Waals surface area contributed by atoms with Crippen LogP contribution in [0.25, 0.3) is 0 Å². The molecule has 2 unspecified atom stereocenters. The first-order chi connectivity index (χ1) is 13.4. The van der Waals surface area contributed by atoms with Crippen molar-refractivity contribution in [2.75, 3.05) is 12.4 Å². The number of hydrogen-bond donors (Lipinski definition) is 2. The Labute approximate surface area is 165 Å². The largest absolute Gasteiger partial charge is 0.465 e. The quantitative estimate of drug-likeness (QED) is 0.717. The van der Waals surface area contributed by atoms with Gasteiger partial charge < -0.3 is 15.4 Å². The maximum Gasteiger partial charge on any atom is 0.338 e. The third-order valence-electron chi connectivity index (χ3n) is 4.82. The van der Waals surface area contributed by atoms with Crippen LogP contribution in [0.5, 0.6) is 0 Å². The van der Waals surface area contributed by atoms with Crippen molar-refractivity contribution < 1.29 is 19.1 Å². The van der Waals surface area contributed by atoms with E-state index < -0.39 is 12.0 Å². The van der Waals surface area contributed by atoms with Gasteiger partial charge in [-0.1, -0.05) is 44.5 Å². The second-order valence-electron chi connectivity index (χ2n) is 6.66. The van der Waals surface area contributed by atoms with Crippen LogP contribution in [0.15, 0.2) is 48.5 Å². The van der Waals surface area contributed by atoms with Crippen LogP contribution >= 0.6 is 0 Å². The predicted octanol–water partition coefficient (Wildman–Crippen LogP) is 3.56. The number of ether oxygens (including phenoxy) is 1. The lowest BCUT2D eigenvalue weighted by Gasteiger charge is -2.24. The van der Waals surface area contributed by atoms with E-state index in [0.29, 0.717) is 28.8 Å². The summed E-state index contributed by atoms with van der Waals surface area (Å²) in [7, 11) is 1.31. The highest BCUT2D eigenvalue weighted by Crippen LogP contribution is 2.21. The summed E-state index contributed by atoms with van der Waals surface area (Å²) < 4.78 is 4.77. The van der Waals surface area contributed by atoms with Crippen molar-refractivity contribution in [2.24, 2.45) is 5.92 Å². The molecule has 2 N–H and O–H groups in total. The minimum atomic E-state index is -0.709. The van der Waals surface area contributed by atoms with Crippen LogP contribution in [0.3, 0.4) is 0 Å². The van der Waals surface area contributed by atoms with Gasteiger partial charge in [-0.25, -0.2) is 4.79 Å². The summed E-state index contributed by atoms with van der Waals surface area (Å²) in [6.07, 6.45) is 0.717. The second kappa shape index (κ2) is 9.69. The summed E-state index contributed by atoms with van der Waals surface area (Å²) in [5, 5.41) is 5.67. The topological polar surface area (TPSA) is 84.5 Å². The third-order valence-corrected chi connectivity index (χ3v) is 4.82. The fraction of sp³-hybridized carbons (Fsp3) is 0.318. The molecule has 0 aliphatic heterocycles. The number of carbonyl (C=O) groups excluding carboxylic acids is 3. The summed E-state index contributed by atoms with van der Waals surface area (Å²) >= 11 is 0. The van der Waals surface area contributed by atoms with E-state index in [1.165, 1.54) is 7.11 Å². The number of benzene rings is 2. The van der Waals surface area contributed by atoms with Crippen molar-refractivity contribution >= 4 is 23.5 Å². The van der Waals surface area contributed by atoms with Gasteiger partial charge in [0.15, 0.2) is 0 Å². The maximum atomic E-state index is 12.9. The van der Waals surface area contributed by atoms with Crippen LogP contribution in [0.1, 0.15) is 46.5 Å². The van der Waals surface area contributed by atoms with Crippen LogP contribution in [0.4, 0.5) is 5.69 Å². The Morgan fingerprint density at radius 1 is 1.04 bits per heavy atom. The monoisotopic (exact) mass is 382 g/mol. The highest BCUT2D eigenvalue weighted by molar-refractivity contribution is 6.02. The Balaban J connectivity index is 2.22. The van der Waals surface area contributed by atoms with Gasteiger partial charge in [0.1, 0.15) is 6.04 Å². The van der Waals surface area contributed by atoms with E-state index in [9.17, 15) is 14.4 Å². The van der Waals surface area contributed by atoms with Crippen LogP contribution in [-0.4, -0.2) is 30.9 Å². The Bertz CT molecular complexity index is 849. The number of hydrogen-bond acceptors (Lipinski definition) is 4. The van der Waals surface area contributed by atoms with Gasteiger partial charge in [-0.3, -0.25) is 9.59 Å². The molecule has 0 bridgehead atoms. The SMILES string of the molecule is CCC(C)C(NC(=O)c1ccccc1)C(=O)Nc1cccc(C(=O)OC)c1C. The zero-order valence-electron chi connectivity index (χ0n) is 16.6. The molecule has 0 spiro atoms. The third kappa shape index (κ3) is 4.97. The zero-order chi connectivity index (χ0) is 20.7. The van der Waals surface area contributed by atoms with Crippen molar-refractivity contribution in [1.29, 1.82) is 0 Å². The predicted molar refractivity (Wildman–Crippen MR) is 108 cm³/mol. The van der Waals surface area contributed by atoms with E-state index >= 15 is 0 Å². The van der Waals surface area contributed by atoms with Crippen LogP contribution in [-0.2, 0) is 9.53 Å². The summed E-state index contributed by atoms with van der Waals surface area (Å²) in [4.78, 5) is 37.3. The van der Waals surface area contributed by atoms with Crippen LogP contribution in [0, 0.1) is 12.8 Å². The molecule has 2 atom stereocenters. The van der Waals surface area contributed by atoms with Gasteiger partial charge in [0.25, 0.3) is 5.91 Å². The van der Waals surface area contributed by atoms with E-state index in [1.54, 1.807) is 49.4 Å². The second-order valence-corrected chi connectivity index (χ2v) is 6.66. The molecule has 0 heterocycles. The molecule has 0 radical (unpaired) electrons. The number of anilines is 1. The lowest BCUT2D eigenvalue weighted by molar-refractivity contribution is -0.119. The lowest BCUT2D eigenvalue weighted by atomic mass is 9.97. The van der Waals surface area contributed by atoms with Crippen molar-refractivity contribution in [3.05, 3.63) is 65.2 Å². The molecule has 2 aromatic rings. The van der Waals surface area contributed by atoms with Crippen molar-refractivity contribution in [3.8, 4) is 0 Å². The van der Waals surface area contributed by atoms with Gasteiger partial charge in [-0.15, -0.1) is 0 Å². The first-order valence-corrected chi connectivity index (χ1v) is 9.23. The van der Waals surface area contributed by atoms with Gasteiger partial charge in [0, 0.05) is 11.3 Å². The van der Waals surface area contributed by atoms with Crippen LogP contribution < -0.4 is 10.6 Å². The first-order valence-electron chi connectivity index (χ1n) is 9.23. The fourth-order valence-corrected chi connectivity index (χ4v) is 2.83. The van der Waals surface area contributed by atoms with E-state index in [0.717, 1.165) is 0 Å². The highest BCUT2D eigenvalue weighted by Gasteiger charge is 2.27. The minimum Gasteiger partial charge on any atom is -0.465 e. The zero-order valence-corrected chi connectivity index (χ0v) is 16.6. The first kappa shape index (κ1) is 21.2. The van der Waals surface area contributed by atoms with Gasteiger partial charge in [-0.2, -0.15) is 0 Å². The summed E-state index contributed by atoms with van der Waals surface area (Å²) in [5.74, 6) is -1.17. The minimum absolute atomic E-state index is 0.0724. The Hall–Kier alpha value is -3.15. The molecule has 2 rings (SSSR count). The smallest absolute Gasteiger partial charge is 0.338 e. The Morgan fingerprint density at radius 3 is 2.32 bits per heavy atom. The molecule has 148 valence electrons. The molecule has 28 heavy (non-hydrogen) atoms. The molecule has 6 heteroatoms. The molecule has 0 aliphatic rings. The van der Waals surface area contributed by atoms with Gasteiger partial charge in [-0.05, 0) is 42.7 Å². The molecule has 0 fully saturated rings. The molecule has 2 amide bonds. The number of carbonyl (C=O) groups is 3. The Morgan fingerprint density at radius 2 is 1.71 bits per heavy atom. The molecule has 6 nitrogen and oxygen atoms in total. The molecule has 0 aromatic heterocycles. The summed E-state index contributed by atoms with van der Waals surface area (Å²) in [6.45, 7) is 5.61. The fourth-order valence-electron chi connectivity index (χ4n) is 2.83. The van der Waals surface area contributed by atoms with Crippen molar-refractivity contribution in [2.45, 2.75) is 33.2 Å². The lowest BCUT2D eigenvalue weighted by Crippen LogP contribution is -2.47. The number of amides is 2. The van der Waals surface area contributed by atoms with E-state index in [2.05, 4.69) is 10.6 Å². The number of nitrogens with one attached hydrogen (secondary N) is 2. The van der Waals surface area contributed by atoms with Crippen LogP contribution in [0.2, 0.25) is 0 Å². The molecule has 0 saturated heterocycles. The van der Waals surface area contributed by atoms with Gasteiger partial charge in [0.2, 0.25) is 5.91 Å². The molecular formula is C22H26N2O4. The Kier molecular flexibility index (Phi) is 7.32. The normalized spacial score (nSPS) is 12.6. The van der Waals surface area contributed by atoms with E-state index in [4.69, 9.17) is 4.74 Å². The number of esters is 1.